The van der Waals surface area contributed by atoms with Gasteiger partial charge in [-0.3, -0.25) is 14.5 Å². The first-order chi connectivity index (χ1) is 18.8. The minimum Gasteiger partial charge on any atom is -0.497 e. The second kappa shape index (κ2) is 12.2. The van der Waals surface area contributed by atoms with E-state index in [9.17, 15) is 9.59 Å². The Labute approximate surface area is 232 Å². The zero-order valence-electron chi connectivity index (χ0n) is 23.5. The van der Waals surface area contributed by atoms with Crippen molar-refractivity contribution in [2.24, 2.45) is 0 Å². The summed E-state index contributed by atoms with van der Waals surface area (Å²) in [6.45, 7) is 7.80. The molecular weight excluding hydrogens is 492 g/mol. The number of likely N-dealkylation sites (tertiary alicyclic amines) is 1. The zero-order valence-corrected chi connectivity index (χ0v) is 23.5. The quantitative estimate of drug-likeness (QED) is 0.199. The van der Waals surface area contributed by atoms with Gasteiger partial charge in [0.05, 0.1) is 12.7 Å². The highest BCUT2D eigenvalue weighted by molar-refractivity contribution is 5.91. The number of piperidine rings is 1. The van der Waals surface area contributed by atoms with Crippen LogP contribution in [0, 0.1) is 0 Å². The average Bonchev–Trinajstić information content (AvgIpc) is 2.95. The van der Waals surface area contributed by atoms with Gasteiger partial charge in [0.15, 0.2) is 0 Å². The molecule has 2 aromatic rings. The number of hydrogen-bond acceptors (Lipinski definition) is 6. The highest BCUT2D eigenvalue weighted by Gasteiger charge is 2.59. The standard InChI is InChI=1S/C32H40N2O5/c1-6-18-34-19-17-31(26-10-8-12-29(21-26)39-24(2)35)22-27(15-16-32(31,23-34)38-5)33(3)30(36)14-13-25-9-7-11-28(20-25)37-4/h6-14,20-21,27H,1,15-19,22-23H2,2-5H3/t27-,31-,32-/m0/s1. The van der Waals surface area contributed by atoms with Crippen molar-refractivity contribution in [1.29, 1.82) is 0 Å². The van der Waals surface area contributed by atoms with Gasteiger partial charge in [-0.2, -0.15) is 0 Å². The first-order valence-electron chi connectivity index (χ1n) is 13.5. The van der Waals surface area contributed by atoms with Crippen LogP contribution in [0.2, 0.25) is 0 Å². The minimum atomic E-state index is -0.445. The Balaban J connectivity index is 1.65. The summed E-state index contributed by atoms with van der Waals surface area (Å²) in [5, 5.41) is 0. The van der Waals surface area contributed by atoms with Crippen LogP contribution in [0.15, 0.2) is 67.3 Å². The Morgan fingerprint density at radius 3 is 2.62 bits per heavy atom. The van der Waals surface area contributed by atoms with Crippen LogP contribution in [0.25, 0.3) is 6.08 Å². The van der Waals surface area contributed by atoms with Crippen LogP contribution in [-0.2, 0) is 19.7 Å². The summed E-state index contributed by atoms with van der Waals surface area (Å²) in [5.41, 5.74) is 1.19. The number of amides is 1. The number of likely N-dealkylation sites (N-methyl/N-ethyl adjacent to an activating group) is 1. The second-order valence-corrected chi connectivity index (χ2v) is 10.6. The third-order valence-corrected chi connectivity index (χ3v) is 8.51. The van der Waals surface area contributed by atoms with E-state index in [-0.39, 0.29) is 23.3 Å². The number of hydrogen-bond donors (Lipinski definition) is 0. The lowest BCUT2D eigenvalue weighted by atomic mass is 9.55. The summed E-state index contributed by atoms with van der Waals surface area (Å²) in [6, 6.07) is 15.5. The molecule has 0 radical (unpaired) electrons. The molecule has 1 aliphatic carbocycles. The number of nitrogens with zero attached hydrogens (tertiary/aromatic N) is 2. The van der Waals surface area contributed by atoms with Crippen LogP contribution >= 0.6 is 0 Å². The van der Waals surface area contributed by atoms with E-state index in [4.69, 9.17) is 14.2 Å². The van der Waals surface area contributed by atoms with Crippen LogP contribution in [0.5, 0.6) is 11.5 Å². The molecule has 1 heterocycles. The molecule has 7 heteroatoms. The number of carbonyl (C=O) groups excluding carboxylic acids is 2. The largest absolute Gasteiger partial charge is 0.497 e. The normalized spacial score (nSPS) is 25.1. The second-order valence-electron chi connectivity index (χ2n) is 10.6. The molecule has 1 amide bonds. The van der Waals surface area contributed by atoms with Gasteiger partial charge in [-0.25, -0.2) is 0 Å². The molecule has 1 aliphatic heterocycles. The molecule has 2 aliphatic rings. The first-order valence-corrected chi connectivity index (χ1v) is 13.5. The number of fused-ring (bicyclic) bond motifs is 1. The Morgan fingerprint density at radius 1 is 1.13 bits per heavy atom. The Hall–Kier alpha value is -3.42. The fourth-order valence-corrected chi connectivity index (χ4v) is 6.47. The lowest BCUT2D eigenvalue weighted by Crippen LogP contribution is -2.68. The van der Waals surface area contributed by atoms with Gasteiger partial charge in [-0.1, -0.05) is 30.3 Å². The molecule has 0 spiro atoms. The topological polar surface area (TPSA) is 68.3 Å². The van der Waals surface area contributed by atoms with Crippen molar-refractivity contribution in [3.63, 3.8) is 0 Å². The molecule has 1 saturated carbocycles. The van der Waals surface area contributed by atoms with E-state index in [1.807, 2.05) is 66.6 Å². The van der Waals surface area contributed by atoms with E-state index in [1.54, 1.807) is 20.3 Å². The summed E-state index contributed by atoms with van der Waals surface area (Å²) in [4.78, 5) is 29.3. The van der Waals surface area contributed by atoms with Gasteiger partial charge in [0.25, 0.3) is 0 Å². The van der Waals surface area contributed by atoms with Crippen molar-refractivity contribution < 1.29 is 23.8 Å². The van der Waals surface area contributed by atoms with Crippen molar-refractivity contribution in [3.05, 3.63) is 78.4 Å². The lowest BCUT2D eigenvalue weighted by molar-refractivity contribution is -0.157. The maximum absolute atomic E-state index is 13.3. The highest BCUT2D eigenvalue weighted by atomic mass is 16.5. The maximum Gasteiger partial charge on any atom is 0.308 e. The molecule has 0 unspecified atom stereocenters. The number of ether oxygens (including phenoxy) is 3. The molecule has 0 N–H and O–H groups in total. The molecule has 7 nitrogen and oxygen atoms in total. The number of esters is 1. The Morgan fingerprint density at radius 2 is 1.90 bits per heavy atom. The predicted octanol–water partition coefficient (Wildman–Crippen LogP) is 4.86. The number of carbonyl (C=O) groups is 2. The third-order valence-electron chi connectivity index (χ3n) is 8.51. The van der Waals surface area contributed by atoms with Gasteiger partial charge in [-0.15, -0.1) is 6.58 Å². The molecule has 39 heavy (non-hydrogen) atoms. The van der Waals surface area contributed by atoms with Crippen LogP contribution in [0.1, 0.15) is 43.7 Å². The van der Waals surface area contributed by atoms with E-state index in [1.165, 1.54) is 6.92 Å². The molecule has 1 saturated heterocycles. The van der Waals surface area contributed by atoms with Gasteiger partial charge in [0, 0.05) is 51.7 Å². The van der Waals surface area contributed by atoms with E-state index in [0.717, 1.165) is 62.2 Å². The van der Waals surface area contributed by atoms with Gasteiger partial charge in [0.1, 0.15) is 11.5 Å². The van der Waals surface area contributed by atoms with Gasteiger partial charge < -0.3 is 19.1 Å². The van der Waals surface area contributed by atoms with E-state index in [2.05, 4.69) is 17.5 Å². The lowest BCUT2D eigenvalue weighted by Gasteiger charge is -2.60. The van der Waals surface area contributed by atoms with Crippen LogP contribution in [-0.4, -0.2) is 74.2 Å². The van der Waals surface area contributed by atoms with Crippen molar-refractivity contribution in [1.82, 2.24) is 9.80 Å². The monoisotopic (exact) mass is 532 g/mol. The van der Waals surface area contributed by atoms with E-state index >= 15 is 0 Å². The SMILES string of the molecule is C=CCN1CC[C@@]2(c3cccc(OC(C)=O)c3)C[C@@H](N(C)C(=O)C=Cc3cccc(OC)c3)CC[C@]2(OC)C1. The van der Waals surface area contributed by atoms with Gasteiger partial charge in [0.2, 0.25) is 5.91 Å². The molecule has 0 bridgehead atoms. The molecule has 2 aromatic carbocycles. The molecule has 0 aromatic heterocycles. The summed E-state index contributed by atoms with van der Waals surface area (Å²) >= 11 is 0. The average molecular weight is 533 g/mol. The molecule has 3 atom stereocenters. The molecular formula is C32H40N2O5. The first kappa shape index (κ1) is 28.6. The highest BCUT2D eigenvalue weighted by Crippen LogP contribution is 2.54. The van der Waals surface area contributed by atoms with Gasteiger partial charge >= 0.3 is 5.97 Å². The zero-order chi connectivity index (χ0) is 28.0. The Bertz CT molecular complexity index is 1230. The van der Waals surface area contributed by atoms with Crippen LogP contribution < -0.4 is 9.47 Å². The predicted molar refractivity (Wildman–Crippen MR) is 153 cm³/mol. The summed E-state index contributed by atoms with van der Waals surface area (Å²) < 4.78 is 17.2. The molecule has 208 valence electrons. The van der Waals surface area contributed by atoms with Crippen LogP contribution in [0.4, 0.5) is 0 Å². The smallest absolute Gasteiger partial charge is 0.308 e. The number of methoxy groups -OCH3 is 2. The minimum absolute atomic E-state index is 0.0269. The van der Waals surface area contributed by atoms with Crippen molar-refractivity contribution in [2.75, 3.05) is 40.9 Å². The van der Waals surface area contributed by atoms with Crippen molar-refractivity contribution in [2.45, 2.75) is 49.7 Å². The maximum atomic E-state index is 13.3. The van der Waals surface area contributed by atoms with Gasteiger partial charge in [-0.05, 0) is 73.7 Å². The Kier molecular flexibility index (Phi) is 8.93. The van der Waals surface area contributed by atoms with Crippen LogP contribution in [0.3, 0.4) is 0 Å². The third kappa shape index (κ3) is 5.94. The van der Waals surface area contributed by atoms with Crippen molar-refractivity contribution >= 4 is 18.0 Å². The molecule has 4 rings (SSSR count). The van der Waals surface area contributed by atoms with E-state index < -0.39 is 5.60 Å². The fourth-order valence-electron chi connectivity index (χ4n) is 6.47. The van der Waals surface area contributed by atoms with E-state index in [0.29, 0.717) is 5.75 Å². The summed E-state index contributed by atoms with van der Waals surface area (Å²) in [5.74, 6) is 0.890. The number of benzene rings is 2. The number of rotatable bonds is 9. The fraction of sp³-hybridized carbons (Fsp3) is 0.438. The summed E-state index contributed by atoms with van der Waals surface area (Å²) in [6.07, 6.45) is 8.64. The van der Waals surface area contributed by atoms with Crippen molar-refractivity contribution in [3.8, 4) is 11.5 Å². The molecule has 2 fully saturated rings. The summed E-state index contributed by atoms with van der Waals surface area (Å²) in [7, 11) is 5.32.